The number of benzene rings is 2. The molecule has 3 aromatic rings. The van der Waals surface area contributed by atoms with Gasteiger partial charge in [0.1, 0.15) is 0 Å². The van der Waals surface area contributed by atoms with Gasteiger partial charge in [-0.3, -0.25) is 0 Å². The van der Waals surface area contributed by atoms with Crippen LogP contribution in [-0.2, 0) is 6.54 Å². The van der Waals surface area contributed by atoms with Crippen LogP contribution in [0.15, 0.2) is 54.6 Å². The first-order chi connectivity index (χ1) is 10.2. The Labute approximate surface area is 127 Å². The number of aromatic nitrogens is 4. The van der Waals surface area contributed by atoms with Crippen molar-refractivity contribution < 1.29 is 0 Å². The first kappa shape index (κ1) is 13.6. The number of anilines is 1. The summed E-state index contributed by atoms with van der Waals surface area (Å²) in [6, 6.07) is 17.6. The van der Waals surface area contributed by atoms with E-state index in [0.717, 1.165) is 16.3 Å². The Morgan fingerprint density at radius 3 is 2.67 bits per heavy atom. The molecule has 0 unspecified atom stereocenters. The predicted molar refractivity (Wildman–Crippen MR) is 82.7 cm³/mol. The number of tetrazole rings is 1. The fourth-order valence-electron chi connectivity index (χ4n) is 2.14. The number of para-hydroxylation sites is 1. The fourth-order valence-corrected chi connectivity index (χ4v) is 2.35. The quantitative estimate of drug-likeness (QED) is 0.743. The van der Waals surface area contributed by atoms with Gasteiger partial charge in [0.25, 0.3) is 0 Å². The van der Waals surface area contributed by atoms with E-state index in [1.807, 2.05) is 66.5 Å². The maximum atomic E-state index is 6.02. The second-order valence-electron chi connectivity index (χ2n) is 4.71. The number of halogens is 1. The molecule has 6 heteroatoms. The van der Waals surface area contributed by atoms with Gasteiger partial charge in [-0.1, -0.05) is 47.0 Å². The molecular weight excluding hydrogens is 286 g/mol. The van der Waals surface area contributed by atoms with Crippen molar-refractivity contribution in [2.24, 2.45) is 0 Å². The van der Waals surface area contributed by atoms with Gasteiger partial charge in [0.2, 0.25) is 5.95 Å². The van der Waals surface area contributed by atoms with Gasteiger partial charge in [0.15, 0.2) is 0 Å². The van der Waals surface area contributed by atoms with Gasteiger partial charge in [0, 0.05) is 18.6 Å². The van der Waals surface area contributed by atoms with Gasteiger partial charge in [-0.2, -0.15) is 4.68 Å². The number of hydrogen-bond donors (Lipinski definition) is 0. The van der Waals surface area contributed by atoms with Crippen LogP contribution in [-0.4, -0.2) is 27.3 Å². The van der Waals surface area contributed by atoms with Crippen LogP contribution in [0.5, 0.6) is 0 Å². The minimum atomic E-state index is 0.674. The highest BCUT2D eigenvalue weighted by Gasteiger charge is 2.13. The Balaban J connectivity index is 1.86. The topological polar surface area (TPSA) is 46.8 Å². The standard InChI is InChI=1S/C15H14ClN5/c1-20(11-12-6-5-7-13(16)10-12)15-17-18-19-21(15)14-8-3-2-4-9-14/h2-10H,11H2,1H3. The van der Waals surface area contributed by atoms with Crippen LogP contribution in [0, 0.1) is 0 Å². The summed E-state index contributed by atoms with van der Waals surface area (Å²) in [7, 11) is 1.95. The second-order valence-corrected chi connectivity index (χ2v) is 5.15. The molecule has 0 spiro atoms. The van der Waals surface area contributed by atoms with Crippen LogP contribution in [0.1, 0.15) is 5.56 Å². The molecule has 0 aliphatic rings. The van der Waals surface area contributed by atoms with E-state index in [1.54, 1.807) is 4.68 Å². The number of hydrogen-bond acceptors (Lipinski definition) is 4. The lowest BCUT2D eigenvalue weighted by Gasteiger charge is -2.17. The van der Waals surface area contributed by atoms with Gasteiger partial charge >= 0.3 is 0 Å². The van der Waals surface area contributed by atoms with E-state index in [1.165, 1.54) is 0 Å². The molecule has 1 aromatic heterocycles. The summed E-state index contributed by atoms with van der Waals surface area (Å²) in [5.41, 5.74) is 2.03. The van der Waals surface area contributed by atoms with Crippen molar-refractivity contribution in [1.29, 1.82) is 0 Å². The van der Waals surface area contributed by atoms with Gasteiger partial charge in [-0.15, -0.1) is 0 Å². The highest BCUT2D eigenvalue weighted by atomic mass is 35.5. The van der Waals surface area contributed by atoms with Crippen LogP contribution >= 0.6 is 11.6 Å². The minimum absolute atomic E-state index is 0.674. The molecule has 5 nitrogen and oxygen atoms in total. The fraction of sp³-hybridized carbons (Fsp3) is 0.133. The van der Waals surface area contributed by atoms with E-state index >= 15 is 0 Å². The molecular formula is C15H14ClN5. The lowest BCUT2D eigenvalue weighted by molar-refractivity contribution is 0.771. The van der Waals surface area contributed by atoms with Crippen LogP contribution in [0.4, 0.5) is 5.95 Å². The van der Waals surface area contributed by atoms with Crippen LogP contribution < -0.4 is 4.90 Å². The molecule has 0 saturated carbocycles. The molecule has 0 atom stereocenters. The summed E-state index contributed by atoms with van der Waals surface area (Å²) < 4.78 is 1.71. The zero-order valence-electron chi connectivity index (χ0n) is 11.5. The Bertz CT molecular complexity index is 726. The van der Waals surface area contributed by atoms with E-state index in [4.69, 9.17) is 11.6 Å². The average molecular weight is 300 g/mol. The van der Waals surface area contributed by atoms with E-state index in [9.17, 15) is 0 Å². The lowest BCUT2D eigenvalue weighted by atomic mass is 10.2. The maximum absolute atomic E-state index is 6.02. The zero-order chi connectivity index (χ0) is 14.7. The van der Waals surface area contributed by atoms with Gasteiger partial charge in [-0.05, 0) is 40.3 Å². The largest absolute Gasteiger partial charge is 0.338 e. The molecule has 3 rings (SSSR count). The van der Waals surface area contributed by atoms with Gasteiger partial charge in [0.05, 0.1) is 5.69 Å². The highest BCUT2D eigenvalue weighted by Crippen LogP contribution is 2.17. The third-order valence-corrected chi connectivity index (χ3v) is 3.34. The van der Waals surface area contributed by atoms with E-state index < -0.39 is 0 Å². The van der Waals surface area contributed by atoms with E-state index in [0.29, 0.717) is 12.5 Å². The van der Waals surface area contributed by atoms with Crippen molar-refractivity contribution in [1.82, 2.24) is 20.2 Å². The first-order valence-corrected chi connectivity index (χ1v) is 6.91. The predicted octanol–water partition coefficient (Wildman–Crippen LogP) is 2.95. The first-order valence-electron chi connectivity index (χ1n) is 6.53. The summed E-state index contributed by atoms with van der Waals surface area (Å²) in [6.07, 6.45) is 0. The monoisotopic (exact) mass is 299 g/mol. The van der Waals surface area contributed by atoms with E-state index in [2.05, 4.69) is 15.5 Å². The van der Waals surface area contributed by atoms with Crippen LogP contribution in [0.25, 0.3) is 5.69 Å². The molecule has 0 fully saturated rings. The second kappa shape index (κ2) is 5.93. The van der Waals surface area contributed by atoms with E-state index in [-0.39, 0.29) is 0 Å². The van der Waals surface area contributed by atoms with Crippen LogP contribution in [0.2, 0.25) is 5.02 Å². The molecule has 0 aliphatic carbocycles. The molecule has 0 N–H and O–H groups in total. The summed E-state index contributed by atoms with van der Waals surface area (Å²) in [5, 5.41) is 12.7. The number of nitrogens with zero attached hydrogens (tertiary/aromatic N) is 5. The van der Waals surface area contributed by atoms with Crippen molar-refractivity contribution >= 4 is 17.5 Å². The third kappa shape index (κ3) is 3.03. The summed E-state index contributed by atoms with van der Waals surface area (Å²) >= 11 is 6.02. The van der Waals surface area contributed by atoms with Crippen molar-refractivity contribution in [3.05, 3.63) is 65.2 Å². The van der Waals surface area contributed by atoms with Gasteiger partial charge in [-0.25, -0.2) is 0 Å². The summed E-state index contributed by atoms with van der Waals surface area (Å²) in [5.74, 6) is 0.682. The number of rotatable bonds is 4. The molecule has 0 amide bonds. The van der Waals surface area contributed by atoms with Gasteiger partial charge < -0.3 is 4.90 Å². The van der Waals surface area contributed by atoms with Crippen molar-refractivity contribution in [2.45, 2.75) is 6.54 Å². The highest BCUT2D eigenvalue weighted by molar-refractivity contribution is 6.30. The normalized spacial score (nSPS) is 10.6. The molecule has 21 heavy (non-hydrogen) atoms. The minimum Gasteiger partial charge on any atom is -0.338 e. The summed E-state index contributed by atoms with van der Waals surface area (Å²) in [6.45, 7) is 0.674. The Morgan fingerprint density at radius 2 is 1.90 bits per heavy atom. The van der Waals surface area contributed by atoms with Crippen molar-refractivity contribution in [2.75, 3.05) is 11.9 Å². The Morgan fingerprint density at radius 1 is 1.10 bits per heavy atom. The molecule has 1 heterocycles. The van der Waals surface area contributed by atoms with Crippen molar-refractivity contribution in [3.63, 3.8) is 0 Å². The van der Waals surface area contributed by atoms with Crippen molar-refractivity contribution in [3.8, 4) is 5.69 Å². The van der Waals surface area contributed by atoms with Crippen LogP contribution in [0.3, 0.4) is 0 Å². The molecule has 0 aliphatic heterocycles. The zero-order valence-corrected chi connectivity index (χ0v) is 12.3. The molecule has 0 radical (unpaired) electrons. The summed E-state index contributed by atoms with van der Waals surface area (Å²) in [4.78, 5) is 1.98. The Hall–Kier alpha value is -2.40. The maximum Gasteiger partial charge on any atom is 0.250 e. The lowest BCUT2D eigenvalue weighted by Crippen LogP contribution is -2.20. The molecule has 0 saturated heterocycles. The SMILES string of the molecule is CN(Cc1cccc(Cl)c1)c1nnnn1-c1ccccc1. The smallest absolute Gasteiger partial charge is 0.250 e. The molecule has 2 aromatic carbocycles. The average Bonchev–Trinajstić information content (AvgIpc) is 2.98. The third-order valence-electron chi connectivity index (χ3n) is 3.10. The molecule has 106 valence electrons. The molecule has 0 bridgehead atoms. The Kier molecular flexibility index (Phi) is 3.83.